The molecule has 2 rings (SSSR count). The van der Waals surface area contributed by atoms with E-state index in [-0.39, 0.29) is 11.5 Å². The summed E-state index contributed by atoms with van der Waals surface area (Å²) in [6.07, 6.45) is 1.55. The summed E-state index contributed by atoms with van der Waals surface area (Å²) in [6.45, 7) is 0. The largest absolute Gasteiger partial charge is 0.259 e. The fraction of sp³-hybridized carbons (Fsp3) is 0.375. The van der Waals surface area contributed by atoms with Crippen LogP contribution in [0, 0.1) is 0 Å². The molecular weight excluding hydrogens is 257 g/mol. The highest BCUT2D eigenvalue weighted by Gasteiger charge is 2.46. The average Bonchev–Trinajstić information content (AvgIpc) is 2.03. The molecule has 1 aliphatic heterocycles. The van der Waals surface area contributed by atoms with E-state index in [0.29, 0.717) is 5.69 Å². The van der Waals surface area contributed by atoms with Gasteiger partial charge < -0.3 is 0 Å². The summed E-state index contributed by atoms with van der Waals surface area (Å²) in [4.78, 5) is 3.95. The van der Waals surface area contributed by atoms with Crippen LogP contribution in [0.25, 0.3) is 0 Å². The lowest BCUT2D eigenvalue weighted by atomic mass is 10.1. The van der Waals surface area contributed by atoms with E-state index in [9.17, 15) is 8.60 Å². The van der Waals surface area contributed by atoms with Gasteiger partial charge in [-0.15, -0.1) is 0 Å². The standard InChI is InChI=1S/C8H7BrFNOS/c9-6-1-2-7(11-3-6)8(10)4-13(12)5-8/h1-3H,4-5H2. The number of aromatic nitrogens is 1. The minimum absolute atomic E-state index is 0.0850. The number of halogens is 2. The lowest BCUT2D eigenvalue weighted by Crippen LogP contribution is -2.45. The molecule has 1 saturated heterocycles. The van der Waals surface area contributed by atoms with Crippen molar-refractivity contribution in [2.45, 2.75) is 5.67 Å². The first-order chi connectivity index (χ1) is 6.10. The van der Waals surface area contributed by atoms with Gasteiger partial charge in [-0.3, -0.25) is 9.19 Å². The van der Waals surface area contributed by atoms with Gasteiger partial charge in [0.2, 0.25) is 0 Å². The monoisotopic (exact) mass is 263 g/mol. The van der Waals surface area contributed by atoms with Crippen molar-refractivity contribution >= 4 is 26.7 Å². The van der Waals surface area contributed by atoms with Gasteiger partial charge in [0, 0.05) is 21.5 Å². The number of nitrogens with zero attached hydrogens (tertiary/aromatic N) is 1. The number of rotatable bonds is 1. The van der Waals surface area contributed by atoms with Crippen LogP contribution in [0.5, 0.6) is 0 Å². The molecule has 0 aliphatic carbocycles. The highest BCUT2D eigenvalue weighted by atomic mass is 79.9. The number of alkyl halides is 1. The van der Waals surface area contributed by atoms with Crippen LogP contribution >= 0.6 is 15.9 Å². The first-order valence-electron chi connectivity index (χ1n) is 3.76. The van der Waals surface area contributed by atoms with Crippen LogP contribution in [0.4, 0.5) is 4.39 Å². The second-order valence-corrected chi connectivity index (χ2v) is 5.43. The predicted molar refractivity (Wildman–Crippen MR) is 52.6 cm³/mol. The molecule has 0 atom stereocenters. The molecule has 0 radical (unpaired) electrons. The van der Waals surface area contributed by atoms with Crippen LogP contribution in [0.2, 0.25) is 0 Å². The summed E-state index contributed by atoms with van der Waals surface area (Å²) in [5, 5.41) is 0. The topological polar surface area (TPSA) is 30.0 Å². The summed E-state index contributed by atoms with van der Waals surface area (Å²) >= 11 is 3.22. The van der Waals surface area contributed by atoms with E-state index in [1.165, 1.54) is 0 Å². The Kier molecular flexibility index (Phi) is 2.23. The third-order valence-corrected chi connectivity index (χ3v) is 3.99. The molecular formula is C8H7BrFNOS. The van der Waals surface area contributed by atoms with Crippen molar-refractivity contribution in [2.24, 2.45) is 0 Å². The average molecular weight is 264 g/mol. The Labute approximate surface area is 86.1 Å². The SMILES string of the molecule is O=S1CC(F)(c2ccc(Br)cn2)C1. The van der Waals surface area contributed by atoms with Crippen molar-refractivity contribution < 1.29 is 8.60 Å². The molecule has 0 unspecified atom stereocenters. The molecule has 0 aromatic carbocycles. The molecule has 0 amide bonds. The Hall–Kier alpha value is -0.290. The zero-order valence-electron chi connectivity index (χ0n) is 6.67. The molecule has 0 spiro atoms. The predicted octanol–water partition coefficient (Wildman–Crippen LogP) is 1.77. The summed E-state index contributed by atoms with van der Waals surface area (Å²) in [5.41, 5.74) is -1.07. The van der Waals surface area contributed by atoms with Crippen LogP contribution in [0.15, 0.2) is 22.8 Å². The van der Waals surface area contributed by atoms with Crippen LogP contribution in [0.3, 0.4) is 0 Å². The summed E-state index contributed by atoms with van der Waals surface area (Å²) in [7, 11) is -0.994. The molecule has 0 saturated carbocycles. The lowest BCUT2D eigenvalue weighted by molar-refractivity contribution is 0.205. The van der Waals surface area contributed by atoms with Crippen LogP contribution in [0.1, 0.15) is 5.69 Å². The minimum Gasteiger partial charge on any atom is -0.259 e. The fourth-order valence-corrected chi connectivity index (χ4v) is 2.72. The van der Waals surface area contributed by atoms with E-state index in [2.05, 4.69) is 20.9 Å². The van der Waals surface area contributed by atoms with Crippen molar-refractivity contribution in [3.63, 3.8) is 0 Å². The first-order valence-corrected chi connectivity index (χ1v) is 6.04. The van der Waals surface area contributed by atoms with Gasteiger partial charge in [0.05, 0.1) is 17.2 Å². The van der Waals surface area contributed by atoms with Gasteiger partial charge in [0.25, 0.3) is 0 Å². The number of pyridine rings is 1. The highest BCUT2D eigenvalue weighted by molar-refractivity contribution is 9.10. The Morgan fingerprint density at radius 1 is 1.54 bits per heavy atom. The van der Waals surface area contributed by atoms with Crippen LogP contribution in [-0.4, -0.2) is 20.7 Å². The van der Waals surface area contributed by atoms with E-state index >= 15 is 0 Å². The van der Waals surface area contributed by atoms with Gasteiger partial charge in [0.1, 0.15) is 0 Å². The van der Waals surface area contributed by atoms with Crippen molar-refractivity contribution in [2.75, 3.05) is 11.5 Å². The van der Waals surface area contributed by atoms with Crippen molar-refractivity contribution in [1.82, 2.24) is 4.98 Å². The molecule has 2 nitrogen and oxygen atoms in total. The third kappa shape index (κ3) is 1.67. The van der Waals surface area contributed by atoms with E-state index < -0.39 is 16.5 Å². The maximum Gasteiger partial charge on any atom is 0.175 e. The van der Waals surface area contributed by atoms with Crippen LogP contribution < -0.4 is 0 Å². The maximum absolute atomic E-state index is 13.7. The van der Waals surface area contributed by atoms with Gasteiger partial charge in [-0.2, -0.15) is 0 Å². The molecule has 1 aliphatic rings. The maximum atomic E-state index is 13.7. The van der Waals surface area contributed by atoms with Gasteiger partial charge in [-0.05, 0) is 28.1 Å². The zero-order valence-corrected chi connectivity index (χ0v) is 9.07. The van der Waals surface area contributed by atoms with E-state index in [1.807, 2.05) is 0 Å². The molecule has 0 bridgehead atoms. The third-order valence-electron chi connectivity index (χ3n) is 1.97. The first kappa shape index (κ1) is 9.27. The zero-order chi connectivity index (χ0) is 9.47. The van der Waals surface area contributed by atoms with E-state index in [4.69, 9.17) is 0 Å². The van der Waals surface area contributed by atoms with Gasteiger partial charge in [-0.1, -0.05) is 0 Å². The minimum atomic E-state index is -1.45. The molecule has 70 valence electrons. The molecule has 1 aromatic rings. The summed E-state index contributed by atoms with van der Waals surface area (Å²) in [6, 6.07) is 3.37. The highest BCUT2D eigenvalue weighted by Crippen LogP contribution is 2.34. The van der Waals surface area contributed by atoms with Gasteiger partial charge in [-0.25, -0.2) is 4.39 Å². The molecule has 1 aromatic heterocycles. The summed E-state index contributed by atoms with van der Waals surface area (Å²) < 4.78 is 25.4. The van der Waals surface area contributed by atoms with E-state index in [1.54, 1.807) is 18.3 Å². The Morgan fingerprint density at radius 2 is 2.23 bits per heavy atom. The molecule has 1 fully saturated rings. The lowest BCUT2D eigenvalue weighted by Gasteiger charge is -2.31. The number of hydrogen-bond donors (Lipinski definition) is 0. The normalized spacial score (nSPS) is 32.6. The summed E-state index contributed by atoms with van der Waals surface area (Å²) in [5.74, 6) is 0.170. The molecule has 0 N–H and O–H groups in total. The Balaban J connectivity index is 2.26. The van der Waals surface area contributed by atoms with Crippen molar-refractivity contribution in [3.8, 4) is 0 Å². The second-order valence-electron chi connectivity index (χ2n) is 3.06. The Bertz CT molecular complexity index is 346. The molecule has 13 heavy (non-hydrogen) atoms. The van der Waals surface area contributed by atoms with Gasteiger partial charge in [0.15, 0.2) is 5.67 Å². The molecule has 5 heteroatoms. The van der Waals surface area contributed by atoms with Gasteiger partial charge >= 0.3 is 0 Å². The fourth-order valence-electron chi connectivity index (χ4n) is 1.26. The Morgan fingerprint density at radius 3 is 2.69 bits per heavy atom. The smallest absolute Gasteiger partial charge is 0.175 e. The van der Waals surface area contributed by atoms with E-state index in [0.717, 1.165) is 4.47 Å². The van der Waals surface area contributed by atoms with Crippen LogP contribution in [-0.2, 0) is 16.5 Å². The van der Waals surface area contributed by atoms with Crippen molar-refractivity contribution in [1.29, 1.82) is 0 Å². The van der Waals surface area contributed by atoms with Crippen molar-refractivity contribution in [3.05, 3.63) is 28.5 Å². The second kappa shape index (κ2) is 3.13. The molecule has 2 heterocycles. The quantitative estimate of drug-likeness (QED) is 0.773. The number of hydrogen-bond acceptors (Lipinski definition) is 2.